The third-order valence-corrected chi connectivity index (χ3v) is 7.98. The largest absolute Gasteiger partial charge is 0.480 e. The van der Waals surface area contributed by atoms with Gasteiger partial charge in [0.1, 0.15) is 23.7 Å². The summed E-state index contributed by atoms with van der Waals surface area (Å²) in [5.41, 5.74) is -0.667. The minimum Gasteiger partial charge on any atom is -0.480 e. The molecule has 260 valence electrons. The van der Waals surface area contributed by atoms with Crippen LogP contribution in [0.5, 0.6) is 0 Å². The van der Waals surface area contributed by atoms with Crippen molar-refractivity contribution in [2.24, 2.45) is 5.92 Å². The number of hydrogen-bond acceptors (Lipinski definition) is 7. The fraction of sp³-hybridized carbons (Fsp3) is 0.606. The Kier molecular flexibility index (Phi) is 15.3. The zero-order chi connectivity index (χ0) is 35.1. The maximum absolute atomic E-state index is 13.8. The fourth-order valence-electron chi connectivity index (χ4n) is 5.61. The summed E-state index contributed by atoms with van der Waals surface area (Å²) in [4.78, 5) is 89.4. The lowest BCUT2D eigenvalue weighted by Gasteiger charge is -2.40. The van der Waals surface area contributed by atoms with Crippen LogP contribution in [0.2, 0.25) is 0 Å². The lowest BCUT2D eigenvalue weighted by atomic mass is 9.87. The Morgan fingerprint density at radius 2 is 1.38 bits per heavy atom. The predicted octanol–water partition coefficient (Wildman–Crippen LogP) is 0.638. The van der Waals surface area contributed by atoms with Crippen molar-refractivity contribution in [1.82, 2.24) is 31.5 Å². The number of carboxylic acids is 1. The second kappa shape index (κ2) is 18.6. The molecule has 1 fully saturated rings. The number of nitrogens with zero attached hydrogens (tertiary/aromatic N) is 1. The lowest BCUT2D eigenvalue weighted by Crippen LogP contribution is -2.62. The SMILES string of the molecule is CC(=O)NCCCC[C@H](NC(=O)[C@H](CC(C)C)NC(=O)[C@H](Cc1ccccc1)NC(C)=O)C(=O)N1CCC(NC(C)=O)(C(=O)O)CC1. The van der Waals surface area contributed by atoms with Crippen molar-refractivity contribution in [2.75, 3.05) is 19.6 Å². The van der Waals surface area contributed by atoms with E-state index in [9.17, 15) is 38.7 Å². The maximum Gasteiger partial charge on any atom is 0.329 e. The number of rotatable bonds is 17. The first-order chi connectivity index (χ1) is 22.1. The third-order valence-electron chi connectivity index (χ3n) is 7.98. The standard InChI is InChI=1S/C33H50N6O8/c1-21(2)19-27(37-30(44)28(35-23(4)41)20-25-11-7-6-8-12-25)29(43)36-26(13-9-10-16-34-22(3)40)31(45)39-17-14-33(15-18-39,32(46)47)38-24(5)42/h6-8,11-12,21,26-28H,9-10,13-20H2,1-5H3,(H,34,40)(H,35,41)(H,36,43)(H,37,44)(H,38,42)(H,46,47)/t26-,27-,28-/m0/s1. The summed E-state index contributed by atoms with van der Waals surface area (Å²) in [5, 5.41) is 23.3. The van der Waals surface area contributed by atoms with Gasteiger partial charge in [-0.2, -0.15) is 0 Å². The molecular formula is C33H50N6O8. The zero-order valence-corrected chi connectivity index (χ0v) is 28.0. The van der Waals surface area contributed by atoms with Crippen molar-refractivity contribution >= 4 is 41.4 Å². The normalized spacial score (nSPS) is 15.8. The molecule has 14 heteroatoms. The first-order valence-corrected chi connectivity index (χ1v) is 16.1. The number of nitrogens with one attached hydrogen (secondary N) is 5. The van der Waals surface area contributed by atoms with E-state index in [1.807, 2.05) is 44.2 Å². The summed E-state index contributed by atoms with van der Waals surface area (Å²) in [5.74, 6) is -3.77. The van der Waals surface area contributed by atoms with Crippen molar-refractivity contribution in [3.05, 3.63) is 35.9 Å². The number of benzene rings is 1. The van der Waals surface area contributed by atoms with E-state index in [-0.39, 0.29) is 57.0 Å². The second-order valence-electron chi connectivity index (χ2n) is 12.6. The molecule has 47 heavy (non-hydrogen) atoms. The number of carboxylic acid groups (broad SMARTS) is 1. The van der Waals surface area contributed by atoms with Crippen LogP contribution in [0.1, 0.15) is 78.7 Å². The fourth-order valence-corrected chi connectivity index (χ4v) is 5.61. The molecule has 1 aromatic carbocycles. The van der Waals surface area contributed by atoms with Crippen LogP contribution in [-0.4, -0.2) is 94.7 Å². The van der Waals surface area contributed by atoms with E-state index in [2.05, 4.69) is 26.6 Å². The molecule has 0 saturated carbocycles. The quantitative estimate of drug-likeness (QED) is 0.131. The third kappa shape index (κ3) is 13.0. The van der Waals surface area contributed by atoms with E-state index in [0.29, 0.717) is 19.4 Å². The highest BCUT2D eigenvalue weighted by Gasteiger charge is 2.44. The summed E-state index contributed by atoms with van der Waals surface area (Å²) in [6, 6.07) is 6.22. The number of amides is 6. The van der Waals surface area contributed by atoms with Gasteiger partial charge in [-0.1, -0.05) is 44.2 Å². The van der Waals surface area contributed by atoms with Crippen molar-refractivity contribution in [2.45, 2.75) is 103 Å². The summed E-state index contributed by atoms with van der Waals surface area (Å²) in [6.07, 6.45) is 1.74. The molecule has 0 bridgehead atoms. The van der Waals surface area contributed by atoms with E-state index in [1.165, 1.54) is 25.7 Å². The summed E-state index contributed by atoms with van der Waals surface area (Å²) in [7, 11) is 0. The monoisotopic (exact) mass is 658 g/mol. The van der Waals surface area contributed by atoms with Crippen molar-refractivity contribution in [3.63, 3.8) is 0 Å². The Morgan fingerprint density at radius 3 is 1.91 bits per heavy atom. The number of piperidine rings is 1. The summed E-state index contributed by atoms with van der Waals surface area (Å²) in [6.45, 7) is 8.23. The van der Waals surface area contributed by atoms with Gasteiger partial charge in [0, 0.05) is 46.8 Å². The maximum atomic E-state index is 13.8. The molecule has 0 aromatic heterocycles. The molecule has 0 spiro atoms. The van der Waals surface area contributed by atoms with Crippen LogP contribution in [0.4, 0.5) is 0 Å². The van der Waals surface area contributed by atoms with Gasteiger partial charge in [-0.3, -0.25) is 28.8 Å². The Labute approximate surface area is 276 Å². The topological polar surface area (TPSA) is 203 Å². The molecular weight excluding hydrogens is 608 g/mol. The van der Waals surface area contributed by atoms with Crippen molar-refractivity contribution in [3.8, 4) is 0 Å². The van der Waals surface area contributed by atoms with E-state index in [4.69, 9.17) is 0 Å². The first kappa shape index (κ1) is 38.7. The van der Waals surface area contributed by atoms with E-state index < -0.39 is 59.2 Å². The van der Waals surface area contributed by atoms with Gasteiger partial charge >= 0.3 is 5.97 Å². The first-order valence-electron chi connectivity index (χ1n) is 16.1. The van der Waals surface area contributed by atoms with E-state index in [0.717, 1.165) is 5.56 Å². The lowest BCUT2D eigenvalue weighted by molar-refractivity contribution is -0.152. The predicted molar refractivity (Wildman–Crippen MR) is 174 cm³/mol. The van der Waals surface area contributed by atoms with Crippen molar-refractivity contribution < 1.29 is 38.7 Å². The molecule has 2 rings (SSSR count). The Morgan fingerprint density at radius 1 is 0.787 bits per heavy atom. The molecule has 1 aromatic rings. The molecule has 1 saturated heterocycles. The average molecular weight is 659 g/mol. The molecule has 6 amide bonds. The molecule has 0 aliphatic carbocycles. The molecule has 6 N–H and O–H groups in total. The van der Waals surface area contributed by atoms with Gasteiger partial charge < -0.3 is 36.6 Å². The number of carbonyl (C=O) groups excluding carboxylic acids is 6. The molecule has 0 unspecified atom stereocenters. The van der Waals surface area contributed by atoms with Gasteiger partial charge in [-0.25, -0.2) is 4.79 Å². The minimum atomic E-state index is -1.49. The smallest absolute Gasteiger partial charge is 0.329 e. The molecule has 14 nitrogen and oxygen atoms in total. The number of hydrogen-bond donors (Lipinski definition) is 6. The molecule has 0 radical (unpaired) electrons. The van der Waals surface area contributed by atoms with Crippen molar-refractivity contribution in [1.29, 1.82) is 0 Å². The Balaban J connectivity index is 2.23. The summed E-state index contributed by atoms with van der Waals surface area (Å²) >= 11 is 0. The van der Waals surface area contributed by atoms with E-state index >= 15 is 0 Å². The number of aliphatic carboxylic acids is 1. The van der Waals surface area contributed by atoms with Crippen LogP contribution in [-0.2, 0) is 40.0 Å². The highest BCUT2D eigenvalue weighted by molar-refractivity contribution is 5.94. The van der Waals surface area contributed by atoms with Gasteiger partial charge in [0.05, 0.1) is 0 Å². The highest BCUT2D eigenvalue weighted by Crippen LogP contribution is 2.24. The van der Waals surface area contributed by atoms with Crippen LogP contribution in [0, 0.1) is 5.92 Å². The number of unbranched alkanes of at least 4 members (excludes halogenated alkanes) is 1. The van der Waals surface area contributed by atoms with Crippen LogP contribution in [0.15, 0.2) is 30.3 Å². The molecule has 3 atom stereocenters. The second-order valence-corrected chi connectivity index (χ2v) is 12.6. The zero-order valence-electron chi connectivity index (χ0n) is 28.0. The summed E-state index contributed by atoms with van der Waals surface area (Å²) < 4.78 is 0. The van der Waals surface area contributed by atoms with Crippen LogP contribution >= 0.6 is 0 Å². The van der Waals surface area contributed by atoms with E-state index in [1.54, 1.807) is 0 Å². The van der Waals surface area contributed by atoms with Gasteiger partial charge in [0.15, 0.2) is 0 Å². The Bertz CT molecular complexity index is 1260. The Hall–Kier alpha value is -4.49. The van der Waals surface area contributed by atoms with Gasteiger partial charge in [-0.15, -0.1) is 0 Å². The van der Waals surface area contributed by atoms with Gasteiger partial charge in [-0.05, 0) is 50.0 Å². The number of likely N-dealkylation sites (tertiary alicyclic amines) is 1. The van der Waals surface area contributed by atoms with Crippen LogP contribution in [0.25, 0.3) is 0 Å². The molecule has 1 aliphatic rings. The number of carbonyl (C=O) groups is 7. The van der Waals surface area contributed by atoms with Gasteiger partial charge in [0.25, 0.3) is 0 Å². The highest BCUT2D eigenvalue weighted by atomic mass is 16.4. The molecule has 1 heterocycles. The molecule has 1 aliphatic heterocycles. The van der Waals surface area contributed by atoms with Crippen LogP contribution in [0.3, 0.4) is 0 Å². The van der Waals surface area contributed by atoms with Gasteiger partial charge in [0.2, 0.25) is 35.4 Å². The minimum absolute atomic E-state index is 0.00512. The average Bonchev–Trinajstić information content (AvgIpc) is 2.99. The van der Waals surface area contributed by atoms with Crippen LogP contribution < -0.4 is 26.6 Å².